The summed E-state index contributed by atoms with van der Waals surface area (Å²) >= 11 is 5.90. The maximum absolute atomic E-state index is 9.32. The van der Waals surface area contributed by atoms with Crippen molar-refractivity contribution in [3.63, 3.8) is 0 Å². The van der Waals surface area contributed by atoms with E-state index in [1.54, 1.807) is 19.1 Å². The second kappa shape index (κ2) is 9.76. The van der Waals surface area contributed by atoms with Crippen molar-refractivity contribution in [2.24, 2.45) is 5.73 Å². The number of aromatic nitrogens is 1. The van der Waals surface area contributed by atoms with Gasteiger partial charge in [-0.05, 0) is 37.6 Å². The first-order valence-corrected chi connectivity index (χ1v) is 9.88. The lowest BCUT2D eigenvalue weighted by molar-refractivity contribution is 1.11. The van der Waals surface area contributed by atoms with Crippen molar-refractivity contribution < 1.29 is 0 Å². The van der Waals surface area contributed by atoms with E-state index in [1.807, 2.05) is 56.0 Å². The monoisotopic (exact) mass is 408 g/mol. The van der Waals surface area contributed by atoms with Gasteiger partial charge in [0.1, 0.15) is 17.7 Å². The molecule has 0 bridgehead atoms. The van der Waals surface area contributed by atoms with Crippen molar-refractivity contribution >= 4 is 34.6 Å². The highest BCUT2D eigenvalue weighted by Crippen LogP contribution is 2.42. The van der Waals surface area contributed by atoms with Crippen molar-refractivity contribution in [1.82, 2.24) is 4.98 Å². The molecule has 0 spiro atoms. The smallest absolute Gasteiger partial charge is 0.163 e. The Balaban J connectivity index is 0.00000145. The summed E-state index contributed by atoms with van der Waals surface area (Å²) in [6.07, 6.45) is 3.59. The predicted octanol–water partition coefficient (Wildman–Crippen LogP) is 5.31. The van der Waals surface area contributed by atoms with Gasteiger partial charge in [-0.15, -0.1) is 11.6 Å². The lowest BCUT2D eigenvalue weighted by atomic mass is 10.1. The Morgan fingerprint density at radius 1 is 1.34 bits per heavy atom. The summed E-state index contributed by atoms with van der Waals surface area (Å²) in [6.45, 7) is 7.66. The molecular weight excluding hydrogens is 384 g/mol. The van der Waals surface area contributed by atoms with Gasteiger partial charge in [-0.1, -0.05) is 38.1 Å². The molecule has 29 heavy (non-hydrogen) atoms. The molecule has 1 aromatic heterocycles. The van der Waals surface area contributed by atoms with Gasteiger partial charge in [-0.2, -0.15) is 5.26 Å². The zero-order valence-electron chi connectivity index (χ0n) is 17.0. The molecule has 0 radical (unpaired) electrons. The number of aryl methyl sites for hydroxylation is 1. The van der Waals surface area contributed by atoms with E-state index >= 15 is 0 Å². The van der Waals surface area contributed by atoms with Gasteiger partial charge in [-0.3, -0.25) is 10.3 Å². The maximum atomic E-state index is 9.32. The summed E-state index contributed by atoms with van der Waals surface area (Å²) in [5.74, 6) is 1.64. The first kappa shape index (κ1) is 22.0. The Hall–Kier alpha value is -3.30. The van der Waals surface area contributed by atoms with Gasteiger partial charge in [0, 0.05) is 11.6 Å². The number of hydrogen-bond donors (Lipinski definition) is 3. The molecule has 2 heterocycles. The number of benzene rings is 1. The van der Waals surface area contributed by atoms with E-state index in [-0.39, 0.29) is 5.84 Å². The van der Waals surface area contributed by atoms with Crippen LogP contribution in [0.3, 0.4) is 0 Å². The Labute approximate surface area is 176 Å². The van der Waals surface area contributed by atoms with Gasteiger partial charge in [0.2, 0.25) is 0 Å². The number of anilines is 3. The molecule has 0 saturated carbocycles. The van der Waals surface area contributed by atoms with Crippen LogP contribution in [0.25, 0.3) is 0 Å². The highest BCUT2D eigenvalue weighted by molar-refractivity contribution is 6.17. The van der Waals surface area contributed by atoms with Crippen LogP contribution in [0, 0.1) is 23.7 Å². The zero-order chi connectivity index (χ0) is 21.6. The van der Waals surface area contributed by atoms with Crippen LogP contribution in [-0.4, -0.2) is 10.8 Å². The highest BCUT2D eigenvalue weighted by atomic mass is 35.5. The molecule has 0 atom stereocenters. The third-order valence-corrected chi connectivity index (χ3v) is 4.54. The fourth-order valence-electron chi connectivity index (χ4n) is 2.89. The topological polar surface area (TPSA) is 102 Å². The summed E-state index contributed by atoms with van der Waals surface area (Å²) in [5, 5.41) is 20.6. The summed E-state index contributed by atoms with van der Waals surface area (Å²) < 4.78 is 0. The molecule has 0 aliphatic carbocycles. The molecule has 1 aromatic carbocycles. The number of allylic oxidation sites excluding steroid dienone is 1. The molecule has 4 N–H and O–H groups in total. The number of nitrogens with zero attached hydrogens (tertiary/aromatic N) is 3. The van der Waals surface area contributed by atoms with Gasteiger partial charge in [0.25, 0.3) is 0 Å². The average Bonchev–Trinajstić information content (AvgIpc) is 3.10. The van der Waals surface area contributed by atoms with Crippen LogP contribution in [0.5, 0.6) is 0 Å². The number of pyridine rings is 1. The van der Waals surface area contributed by atoms with Crippen LogP contribution < -0.4 is 16.0 Å². The molecule has 0 fully saturated rings. The van der Waals surface area contributed by atoms with Crippen LogP contribution in [0.15, 0.2) is 53.9 Å². The van der Waals surface area contributed by atoms with Gasteiger partial charge in [-0.25, -0.2) is 4.98 Å². The SMILES string of the molecule is C/C=C\C(C(=N)N)=C1\Nc2cc(C#N)c(C)nc2N1c1ccc(CCl)cc1.CC. The highest BCUT2D eigenvalue weighted by Gasteiger charge is 2.30. The summed E-state index contributed by atoms with van der Waals surface area (Å²) in [5.41, 5.74) is 10.0. The minimum atomic E-state index is -0.0667. The third kappa shape index (κ3) is 4.41. The van der Waals surface area contributed by atoms with Crippen molar-refractivity contribution in [2.75, 3.05) is 10.2 Å². The van der Waals surface area contributed by atoms with E-state index in [9.17, 15) is 5.26 Å². The van der Waals surface area contributed by atoms with Crippen LogP contribution in [0.2, 0.25) is 0 Å². The average molecular weight is 409 g/mol. The minimum Gasteiger partial charge on any atom is -0.384 e. The molecule has 1 aliphatic heterocycles. The fourth-order valence-corrected chi connectivity index (χ4v) is 3.07. The minimum absolute atomic E-state index is 0.0667. The summed E-state index contributed by atoms with van der Waals surface area (Å²) in [7, 11) is 0. The number of halogens is 1. The van der Waals surface area contributed by atoms with Crippen LogP contribution in [0.4, 0.5) is 17.2 Å². The zero-order valence-corrected chi connectivity index (χ0v) is 17.8. The standard InChI is InChI=1S/C20H19ClN6.C2H6/c1-3-4-16(18(23)24)19-26-17-9-14(11-22)12(2)25-20(17)27(19)15-7-5-13(10-21)6-8-15;1-2/h3-9,26H,10H2,1-2H3,(H3,23,24);1-2H3/b4-3-,19-16+;. The van der Waals surface area contributed by atoms with E-state index in [1.165, 1.54) is 0 Å². The Kier molecular flexibility index (Phi) is 7.40. The molecule has 150 valence electrons. The second-order valence-electron chi connectivity index (χ2n) is 6.04. The van der Waals surface area contributed by atoms with Crippen LogP contribution >= 0.6 is 11.6 Å². The van der Waals surface area contributed by atoms with E-state index in [4.69, 9.17) is 22.7 Å². The first-order valence-electron chi connectivity index (χ1n) is 9.35. The largest absolute Gasteiger partial charge is 0.384 e. The van der Waals surface area contributed by atoms with Crippen molar-refractivity contribution in [3.8, 4) is 6.07 Å². The molecule has 3 rings (SSSR count). The third-order valence-electron chi connectivity index (χ3n) is 4.23. The molecule has 1 aliphatic rings. The van der Waals surface area contributed by atoms with E-state index in [2.05, 4.69) is 16.4 Å². The predicted molar refractivity (Wildman–Crippen MR) is 121 cm³/mol. The van der Waals surface area contributed by atoms with E-state index in [0.29, 0.717) is 40.0 Å². The molecular formula is C22H25ClN6. The van der Waals surface area contributed by atoms with Crippen molar-refractivity contribution in [1.29, 1.82) is 10.7 Å². The Bertz CT molecular complexity index is 999. The number of alkyl halides is 1. The lowest BCUT2D eigenvalue weighted by Gasteiger charge is -2.22. The van der Waals surface area contributed by atoms with Gasteiger partial charge in [0.15, 0.2) is 5.82 Å². The van der Waals surface area contributed by atoms with Gasteiger partial charge < -0.3 is 11.1 Å². The number of nitrogens with two attached hydrogens (primary N) is 1. The fraction of sp³-hybridized carbons (Fsp3) is 0.227. The molecule has 0 saturated heterocycles. The van der Waals surface area contributed by atoms with Crippen LogP contribution in [0.1, 0.15) is 37.6 Å². The number of fused-ring (bicyclic) bond motifs is 1. The number of nitrogens with one attached hydrogen (secondary N) is 2. The van der Waals surface area contributed by atoms with E-state index in [0.717, 1.165) is 11.3 Å². The number of amidine groups is 1. The van der Waals surface area contributed by atoms with E-state index < -0.39 is 0 Å². The normalized spacial score (nSPS) is 13.9. The summed E-state index contributed by atoms with van der Waals surface area (Å²) in [6, 6.07) is 11.7. The molecule has 0 amide bonds. The summed E-state index contributed by atoms with van der Waals surface area (Å²) in [4.78, 5) is 6.52. The lowest BCUT2D eigenvalue weighted by Crippen LogP contribution is -2.23. The van der Waals surface area contributed by atoms with Gasteiger partial charge >= 0.3 is 0 Å². The van der Waals surface area contributed by atoms with Crippen molar-refractivity contribution in [3.05, 3.63) is 70.7 Å². The van der Waals surface area contributed by atoms with Crippen LogP contribution in [-0.2, 0) is 5.88 Å². The molecule has 7 heteroatoms. The quantitative estimate of drug-likeness (QED) is 0.361. The Morgan fingerprint density at radius 3 is 2.52 bits per heavy atom. The van der Waals surface area contributed by atoms with Crippen molar-refractivity contribution in [2.45, 2.75) is 33.6 Å². The molecule has 0 unspecified atom stereocenters. The van der Waals surface area contributed by atoms with Gasteiger partial charge in [0.05, 0.1) is 22.5 Å². The second-order valence-corrected chi connectivity index (χ2v) is 6.31. The first-order chi connectivity index (χ1) is 14.0. The number of rotatable bonds is 4. The molecule has 6 nitrogen and oxygen atoms in total. The molecule has 2 aromatic rings. The Morgan fingerprint density at radius 2 is 2.00 bits per heavy atom. The number of hydrogen-bond acceptors (Lipinski definition) is 5. The maximum Gasteiger partial charge on any atom is 0.163 e. The number of nitriles is 1.